The van der Waals surface area contributed by atoms with Crippen molar-refractivity contribution in [1.29, 1.82) is 0 Å². The van der Waals surface area contributed by atoms with Crippen LogP contribution in [0.25, 0.3) is 17.1 Å². The van der Waals surface area contributed by atoms with Gasteiger partial charge < -0.3 is 14.4 Å². The van der Waals surface area contributed by atoms with E-state index in [-0.39, 0.29) is 23.5 Å². The lowest BCUT2D eigenvalue weighted by molar-refractivity contribution is -0.151. The van der Waals surface area contributed by atoms with Crippen LogP contribution in [0.2, 0.25) is 0 Å². The fourth-order valence-corrected chi connectivity index (χ4v) is 4.95. The molecule has 3 aromatic rings. The van der Waals surface area contributed by atoms with E-state index in [1.165, 1.54) is 11.8 Å². The molecule has 35 heavy (non-hydrogen) atoms. The Kier molecular flexibility index (Phi) is 8.07. The van der Waals surface area contributed by atoms with E-state index < -0.39 is 0 Å². The average Bonchev–Trinajstić information content (AvgIpc) is 3.32. The van der Waals surface area contributed by atoms with Crippen molar-refractivity contribution in [1.82, 2.24) is 19.7 Å². The van der Waals surface area contributed by atoms with Crippen LogP contribution in [0.1, 0.15) is 25.3 Å². The summed E-state index contributed by atoms with van der Waals surface area (Å²) in [6.45, 7) is 5.23. The number of hydrogen-bond donors (Lipinski definition) is 0. The van der Waals surface area contributed by atoms with Gasteiger partial charge in [-0.3, -0.25) is 14.2 Å². The molecular weight excluding hydrogens is 464 g/mol. The van der Waals surface area contributed by atoms with E-state index >= 15 is 0 Å². The Bertz CT molecular complexity index is 1160. The minimum absolute atomic E-state index is 0.0230. The predicted octanol–water partition coefficient (Wildman–Crippen LogP) is 4.15. The molecule has 0 N–H and O–H groups in total. The van der Waals surface area contributed by atoms with Crippen molar-refractivity contribution in [3.63, 3.8) is 0 Å². The molecule has 4 rings (SSSR count). The van der Waals surface area contributed by atoms with Crippen LogP contribution < -0.4 is 4.74 Å². The summed E-state index contributed by atoms with van der Waals surface area (Å²) >= 11 is 1.34. The number of carbonyl (C=O) groups is 2. The number of benzene rings is 2. The van der Waals surface area contributed by atoms with Gasteiger partial charge in [0.15, 0.2) is 11.0 Å². The first-order valence-electron chi connectivity index (χ1n) is 11.7. The molecule has 0 bridgehead atoms. The monoisotopic (exact) mass is 494 g/mol. The number of carbonyl (C=O) groups excluding carboxylic acids is 2. The Labute approximate surface area is 209 Å². The van der Waals surface area contributed by atoms with Gasteiger partial charge in [-0.25, -0.2) is 0 Å². The third-order valence-electron chi connectivity index (χ3n) is 5.99. The quantitative estimate of drug-likeness (QED) is 0.344. The molecule has 2 heterocycles. The molecule has 1 saturated heterocycles. The topological polar surface area (TPSA) is 86.5 Å². The molecule has 9 heteroatoms. The van der Waals surface area contributed by atoms with Gasteiger partial charge in [0.2, 0.25) is 5.91 Å². The maximum absolute atomic E-state index is 13.0. The summed E-state index contributed by atoms with van der Waals surface area (Å²) < 4.78 is 12.4. The van der Waals surface area contributed by atoms with E-state index in [1.807, 2.05) is 60.0 Å². The summed E-state index contributed by atoms with van der Waals surface area (Å²) in [5, 5.41) is 9.50. The molecular formula is C26H30N4O4S. The summed E-state index contributed by atoms with van der Waals surface area (Å²) in [6.07, 6.45) is 1.54. The number of likely N-dealkylation sites (tertiary alicyclic amines) is 1. The van der Waals surface area contributed by atoms with E-state index in [2.05, 4.69) is 10.2 Å². The molecule has 1 aliphatic heterocycles. The number of ether oxygens (including phenoxy) is 2. The van der Waals surface area contributed by atoms with Crippen molar-refractivity contribution in [3.05, 3.63) is 54.1 Å². The number of amides is 1. The maximum atomic E-state index is 13.0. The van der Waals surface area contributed by atoms with Crippen LogP contribution in [-0.2, 0) is 14.3 Å². The smallest absolute Gasteiger partial charge is 0.310 e. The van der Waals surface area contributed by atoms with Crippen LogP contribution in [0.4, 0.5) is 0 Å². The summed E-state index contributed by atoms with van der Waals surface area (Å²) in [5.41, 5.74) is 2.97. The molecule has 1 atom stereocenters. The number of methoxy groups -OCH3 is 1. The summed E-state index contributed by atoms with van der Waals surface area (Å²) in [5.74, 6) is 1.16. The number of esters is 1. The zero-order chi connectivity index (χ0) is 24.8. The van der Waals surface area contributed by atoms with Crippen LogP contribution in [0.3, 0.4) is 0 Å². The third-order valence-corrected chi connectivity index (χ3v) is 6.91. The second kappa shape index (κ2) is 11.4. The fraction of sp³-hybridized carbons (Fsp3) is 0.385. The van der Waals surface area contributed by atoms with E-state index in [1.54, 1.807) is 18.9 Å². The van der Waals surface area contributed by atoms with Crippen LogP contribution in [0.5, 0.6) is 5.75 Å². The fourth-order valence-electron chi connectivity index (χ4n) is 4.09. The highest BCUT2D eigenvalue weighted by molar-refractivity contribution is 7.99. The van der Waals surface area contributed by atoms with Gasteiger partial charge in [-0.05, 0) is 51.0 Å². The first-order valence-corrected chi connectivity index (χ1v) is 12.7. The van der Waals surface area contributed by atoms with Crippen molar-refractivity contribution < 1.29 is 19.1 Å². The highest BCUT2D eigenvalue weighted by Crippen LogP contribution is 2.29. The Balaban J connectivity index is 1.54. The molecule has 0 saturated carbocycles. The lowest BCUT2D eigenvalue weighted by atomic mass is 9.98. The van der Waals surface area contributed by atoms with Crippen molar-refractivity contribution in [2.75, 3.05) is 32.6 Å². The molecule has 1 amide bonds. The molecule has 184 valence electrons. The molecule has 0 radical (unpaired) electrons. The Morgan fingerprint density at radius 2 is 1.83 bits per heavy atom. The lowest BCUT2D eigenvalue weighted by Gasteiger charge is -2.31. The van der Waals surface area contributed by atoms with Gasteiger partial charge in [0.1, 0.15) is 5.75 Å². The number of thioether (sulfide) groups is 1. The first kappa shape index (κ1) is 24.8. The van der Waals surface area contributed by atoms with Gasteiger partial charge in [0.05, 0.1) is 25.4 Å². The normalized spacial score (nSPS) is 15.6. The van der Waals surface area contributed by atoms with Crippen molar-refractivity contribution >= 4 is 23.6 Å². The lowest BCUT2D eigenvalue weighted by Crippen LogP contribution is -2.43. The Morgan fingerprint density at radius 1 is 1.09 bits per heavy atom. The Morgan fingerprint density at radius 3 is 2.51 bits per heavy atom. The standard InChI is InChI=1S/C26H30N4O4S/c1-4-34-25(32)20-6-5-15-29(16-20)23(31)17-35-26-28-27-24(19-9-7-18(2)8-10-19)30(26)21-11-13-22(33-3)14-12-21/h7-14,20H,4-6,15-17H2,1-3H3. The minimum Gasteiger partial charge on any atom is -0.497 e. The Hall–Kier alpha value is -3.33. The van der Waals surface area contributed by atoms with E-state index in [0.29, 0.717) is 30.7 Å². The van der Waals surface area contributed by atoms with Crippen molar-refractivity contribution in [2.45, 2.75) is 31.8 Å². The summed E-state index contributed by atoms with van der Waals surface area (Å²) in [7, 11) is 1.63. The molecule has 0 aliphatic carbocycles. The highest BCUT2D eigenvalue weighted by Gasteiger charge is 2.29. The zero-order valence-corrected chi connectivity index (χ0v) is 21.1. The molecule has 1 unspecified atom stereocenters. The number of piperidine rings is 1. The molecule has 1 aliphatic rings. The number of aromatic nitrogens is 3. The van der Waals surface area contributed by atoms with Gasteiger partial charge in [-0.1, -0.05) is 41.6 Å². The zero-order valence-electron chi connectivity index (χ0n) is 20.3. The van der Waals surface area contributed by atoms with Crippen molar-refractivity contribution in [2.24, 2.45) is 5.92 Å². The largest absolute Gasteiger partial charge is 0.497 e. The van der Waals surface area contributed by atoms with E-state index in [4.69, 9.17) is 9.47 Å². The second-order valence-electron chi connectivity index (χ2n) is 8.43. The van der Waals surface area contributed by atoms with Gasteiger partial charge in [-0.2, -0.15) is 0 Å². The number of aryl methyl sites for hydroxylation is 1. The molecule has 8 nitrogen and oxygen atoms in total. The molecule has 1 aromatic heterocycles. The average molecular weight is 495 g/mol. The highest BCUT2D eigenvalue weighted by atomic mass is 32.2. The van der Waals surface area contributed by atoms with Crippen LogP contribution in [-0.4, -0.2) is 64.1 Å². The van der Waals surface area contributed by atoms with Crippen LogP contribution in [0, 0.1) is 12.8 Å². The van der Waals surface area contributed by atoms with Crippen LogP contribution in [0.15, 0.2) is 53.7 Å². The molecule has 2 aromatic carbocycles. The summed E-state index contributed by atoms with van der Waals surface area (Å²) in [6, 6.07) is 15.8. The first-order chi connectivity index (χ1) is 17.0. The van der Waals surface area contributed by atoms with Crippen LogP contribution >= 0.6 is 11.8 Å². The maximum Gasteiger partial charge on any atom is 0.310 e. The van der Waals surface area contributed by atoms with E-state index in [0.717, 1.165) is 35.4 Å². The minimum atomic E-state index is -0.256. The van der Waals surface area contributed by atoms with Gasteiger partial charge >= 0.3 is 5.97 Å². The third kappa shape index (κ3) is 5.85. The van der Waals surface area contributed by atoms with E-state index in [9.17, 15) is 9.59 Å². The molecule has 0 spiro atoms. The number of nitrogens with zero attached hydrogens (tertiary/aromatic N) is 4. The van der Waals surface area contributed by atoms with Gasteiger partial charge in [0.25, 0.3) is 0 Å². The summed E-state index contributed by atoms with van der Waals surface area (Å²) in [4.78, 5) is 26.9. The number of hydrogen-bond acceptors (Lipinski definition) is 7. The number of rotatable bonds is 8. The predicted molar refractivity (Wildman–Crippen MR) is 135 cm³/mol. The van der Waals surface area contributed by atoms with Gasteiger partial charge in [0, 0.05) is 24.3 Å². The second-order valence-corrected chi connectivity index (χ2v) is 9.37. The van der Waals surface area contributed by atoms with Crippen molar-refractivity contribution in [3.8, 4) is 22.8 Å². The SMILES string of the molecule is CCOC(=O)C1CCCN(C(=O)CSc2nnc(-c3ccc(C)cc3)n2-c2ccc(OC)cc2)C1. The molecule has 1 fully saturated rings. The van der Waals surface area contributed by atoms with Gasteiger partial charge in [-0.15, -0.1) is 10.2 Å².